The number of nitrogens with zero attached hydrogens (tertiary/aromatic N) is 3. The van der Waals surface area contributed by atoms with Gasteiger partial charge in [0.1, 0.15) is 18.5 Å². The number of hydrogen-bond acceptors (Lipinski definition) is 9. The van der Waals surface area contributed by atoms with Crippen LogP contribution in [0.15, 0.2) is 73.1 Å². The Labute approximate surface area is 233 Å². The van der Waals surface area contributed by atoms with Crippen LogP contribution in [0.2, 0.25) is 5.04 Å². The number of ether oxygens (including phenoxy) is 3. The molecule has 1 aliphatic rings. The molecule has 0 bridgehead atoms. The van der Waals surface area contributed by atoms with E-state index in [1.807, 2.05) is 60.7 Å². The number of nitro groups is 1. The minimum Gasteiger partial charge on any atom is -0.455 e. The van der Waals surface area contributed by atoms with E-state index in [0.717, 1.165) is 14.9 Å². The minimum absolute atomic E-state index is 0.0397. The third-order valence-electron chi connectivity index (χ3n) is 6.86. The lowest BCUT2D eigenvalue weighted by atomic mass is 10.1. The molecule has 1 aliphatic heterocycles. The summed E-state index contributed by atoms with van der Waals surface area (Å²) in [7, 11) is -3.01. The van der Waals surface area contributed by atoms with E-state index >= 15 is 0 Å². The topological polar surface area (TPSA) is 132 Å². The fourth-order valence-corrected chi connectivity index (χ4v) is 9.90. The van der Waals surface area contributed by atoms with Crippen molar-refractivity contribution in [1.29, 1.82) is 0 Å². The summed E-state index contributed by atoms with van der Waals surface area (Å²) in [6, 6.07) is 19.9. The number of aromatic nitrogens is 2. The molecule has 1 aromatic heterocycles. The zero-order valence-corrected chi connectivity index (χ0v) is 24.1. The van der Waals surface area contributed by atoms with E-state index < -0.39 is 55.7 Å². The zero-order chi connectivity index (χ0) is 29.1. The minimum atomic E-state index is -3.01. The van der Waals surface area contributed by atoms with Crippen LogP contribution in [0.3, 0.4) is 0 Å². The summed E-state index contributed by atoms with van der Waals surface area (Å²) in [5.74, 6) is -1.79. The first-order valence-electron chi connectivity index (χ1n) is 12.9. The Morgan fingerprint density at radius 1 is 0.975 bits per heavy atom. The van der Waals surface area contributed by atoms with Crippen molar-refractivity contribution in [1.82, 2.24) is 9.55 Å². The predicted molar refractivity (Wildman–Crippen MR) is 147 cm³/mol. The average molecular weight is 568 g/mol. The van der Waals surface area contributed by atoms with Crippen molar-refractivity contribution < 1.29 is 33.1 Å². The standard InChI is InChI=1S/C28H33N3O8Si/c1-19(32)37-24-23(39-26(25(24)38-20(2)33)30-17-16-29-27(30)31(34)35)18-36-40(28(3,4)5,21-12-8-6-9-13-21)22-14-10-7-11-15-22/h6-17,23-26H,18H2,1-5H3/t23-,24-,25-,26-/m1/s1. The quantitative estimate of drug-likeness (QED) is 0.166. The lowest BCUT2D eigenvalue weighted by molar-refractivity contribution is -0.398. The Morgan fingerprint density at radius 2 is 1.50 bits per heavy atom. The maximum atomic E-state index is 12.2. The van der Waals surface area contributed by atoms with E-state index in [1.54, 1.807) is 0 Å². The van der Waals surface area contributed by atoms with Crippen molar-refractivity contribution in [2.45, 2.75) is 64.2 Å². The molecular formula is C28H33N3O8Si. The molecule has 0 aliphatic carbocycles. The molecule has 1 fully saturated rings. The van der Waals surface area contributed by atoms with Crippen molar-refractivity contribution in [2.24, 2.45) is 0 Å². The molecule has 0 saturated carbocycles. The van der Waals surface area contributed by atoms with Gasteiger partial charge >= 0.3 is 17.9 Å². The van der Waals surface area contributed by atoms with E-state index in [2.05, 4.69) is 25.8 Å². The number of esters is 2. The highest BCUT2D eigenvalue weighted by molar-refractivity contribution is 6.99. The largest absolute Gasteiger partial charge is 0.455 e. The van der Waals surface area contributed by atoms with Gasteiger partial charge in [-0.2, -0.15) is 4.57 Å². The predicted octanol–water partition coefficient (Wildman–Crippen LogP) is 3.13. The van der Waals surface area contributed by atoms with Crippen LogP contribution in [0.4, 0.5) is 5.95 Å². The molecule has 0 radical (unpaired) electrons. The fourth-order valence-electron chi connectivity index (χ4n) is 5.33. The Kier molecular flexibility index (Phi) is 8.52. The van der Waals surface area contributed by atoms with Crippen LogP contribution < -0.4 is 10.4 Å². The van der Waals surface area contributed by atoms with E-state index in [1.165, 1.54) is 26.2 Å². The highest BCUT2D eigenvalue weighted by atomic mass is 28.4. The highest BCUT2D eigenvalue weighted by Gasteiger charge is 2.55. The summed E-state index contributed by atoms with van der Waals surface area (Å²) >= 11 is 0. The van der Waals surface area contributed by atoms with Crippen LogP contribution in [0.5, 0.6) is 0 Å². The first-order chi connectivity index (χ1) is 19.0. The SMILES string of the molecule is CC(=O)O[C@@H]1[C@H](OC(C)=O)[C@@H](CO[Si](c2ccccc2)(c2ccccc2)C(C)(C)C)O[C@H]1n1ccnc1[N+](=O)[O-]. The lowest BCUT2D eigenvalue weighted by Gasteiger charge is -2.43. The van der Waals surface area contributed by atoms with Crippen molar-refractivity contribution >= 4 is 36.6 Å². The number of imidazole rings is 1. The van der Waals surface area contributed by atoms with Crippen molar-refractivity contribution in [2.75, 3.05) is 6.61 Å². The second-order valence-electron chi connectivity index (χ2n) is 10.6. The number of hydrogen-bond donors (Lipinski definition) is 0. The zero-order valence-electron chi connectivity index (χ0n) is 23.1. The van der Waals surface area contributed by atoms with E-state index in [4.69, 9.17) is 18.6 Å². The fraction of sp³-hybridized carbons (Fsp3) is 0.393. The molecule has 12 heteroatoms. The van der Waals surface area contributed by atoms with Crippen LogP contribution >= 0.6 is 0 Å². The normalized spacial score (nSPS) is 21.1. The lowest BCUT2D eigenvalue weighted by Crippen LogP contribution is -2.67. The second kappa shape index (κ2) is 11.7. The molecule has 0 amide bonds. The van der Waals surface area contributed by atoms with Gasteiger partial charge < -0.3 is 28.8 Å². The van der Waals surface area contributed by atoms with Gasteiger partial charge in [0.05, 0.1) is 6.61 Å². The summed E-state index contributed by atoms with van der Waals surface area (Å²) in [5, 5.41) is 13.4. The van der Waals surface area contributed by atoms with Gasteiger partial charge in [0.15, 0.2) is 12.2 Å². The van der Waals surface area contributed by atoms with E-state index in [0.29, 0.717) is 0 Å². The maximum Gasteiger partial charge on any atom is 0.436 e. The first kappa shape index (κ1) is 29.1. The number of carbonyl (C=O) groups excluding carboxylic acids is 2. The van der Waals surface area contributed by atoms with E-state index in [-0.39, 0.29) is 11.6 Å². The Bertz CT molecular complexity index is 1300. The molecule has 0 N–H and O–H groups in total. The molecule has 2 aromatic carbocycles. The van der Waals surface area contributed by atoms with Crippen molar-refractivity contribution in [3.8, 4) is 0 Å². The molecule has 4 rings (SSSR count). The Morgan fingerprint density at radius 3 is 1.98 bits per heavy atom. The van der Waals surface area contributed by atoms with Gasteiger partial charge in [0, 0.05) is 13.8 Å². The van der Waals surface area contributed by atoms with Gasteiger partial charge in [0.25, 0.3) is 8.32 Å². The van der Waals surface area contributed by atoms with Crippen LogP contribution in [0, 0.1) is 10.1 Å². The summed E-state index contributed by atoms with van der Waals surface area (Å²) in [5.41, 5.74) is 0. The van der Waals surface area contributed by atoms with E-state index in [9.17, 15) is 19.7 Å². The molecule has 0 spiro atoms. The van der Waals surface area contributed by atoms with Gasteiger partial charge in [-0.05, 0) is 20.3 Å². The number of rotatable bonds is 9. The van der Waals surface area contributed by atoms with Crippen LogP contribution in [0.25, 0.3) is 0 Å². The third-order valence-corrected chi connectivity index (χ3v) is 11.9. The van der Waals surface area contributed by atoms with Gasteiger partial charge in [-0.25, -0.2) is 0 Å². The molecule has 40 heavy (non-hydrogen) atoms. The first-order valence-corrected chi connectivity index (χ1v) is 14.8. The number of benzene rings is 2. The van der Waals surface area contributed by atoms with Gasteiger partial charge in [-0.3, -0.25) is 9.59 Å². The summed E-state index contributed by atoms with van der Waals surface area (Å²) < 4.78 is 25.6. The average Bonchev–Trinajstić information content (AvgIpc) is 3.50. The highest BCUT2D eigenvalue weighted by Crippen LogP contribution is 2.40. The van der Waals surface area contributed by atoms with Crippen LogP contribution in [0.1, 0.15) is 40.8 Å². The van der Waals surface area contributed by atoms with Gasteiger partial charge in [0.2, 0.25) is 6.23 Å². The van der Waals surface area contributed by atoms with Crippen LogP contribution in [-0.2, 0) is 28.2 Å². The van der Waals surface area contributed by atoms with Gasteiger partial charge in [-0.15, -0.1) is 0 Å². The summed E-state index contributed by atoms with van der Waals surface area (Å²) in [6.45, 7) is 8.77. The molecule has 2 heterocycles. The second-order valence-corrected chi connectivity index (χ2v) is 14.9. The van der Waals surface area contributed by atoms with Crippen molar-refractivity contribution in [3.63, 3.8) is 0 Å². The molecular weight excluding hydrogens is 534 g/mol. The molecule has 3 aromatic rings. The van der Waals surface area contributed by atoms with Crippen LogP contribution in [-0.4, -0.2) is 59.6 Å². The smallest absolute Gasteiger partial charge is 0.436 e. The van der Waals surface area contributed by atoms with Gasteiger partial charge in [-0.1, -0.05) is 86.4 Å². The number of carbonyl (C=O) groups is 2. The molecule has 212 valence electrons. The summed E-state index contributed by atoms with van der Waals surface area (Å²) in [4.78, 5) is 39.0. The Balaban J connectivity index is 1.78. The summed E-state index contributed by atoms with van der Waals surface area (Å²) in [6.07, 6.45) is -1.76. The van der Waals surface area contributed by atoms with Crippen molar-refractivity contribution in [3.05, 3.63) is 83.2 Å². The Hall–Kier alpha value is -3.87. The monoisotopic (exact) mass is 567 g/mol. The molecule has 11 nitrogen and oxygen atoms in total. The maximum absolute atomic E-state index is 12.2. The third kappa shape index (κ3) is 5.69. The molecule has 4 atom stereocenters. The molecule has 0 unspecified atom stereocenters. The molecule has 1 saturated heterocycles.